The van der Waals surface area contributed by atoms with Crippen LogP contribution in [0.1, 0.15) is 32.1 Å². The highest BCUT2D eigenvalue weighted by molar-refractivity contribution is 5.82. The van der Waals surface area contributed by atoms with Gasteiger partial charge in [0, 0.05) is 31.6 Å². The molecular formula is C15H27N3O2. The summed E-state index contributed by atoms with van der Waals surface area (Å²) >= 11 is 0. The molecule has 1 aliphatic carbocycles. The van der Waals surface area contributed by atoms with Crippen molar-refractivity contribution in [1.29, 1.82) is 0 Å². The van der Waals surface area contributed by atoms with Crippen LogP contribution in [-0.2, 0) is 4.79 Å². The number of nitrogens with one attached hydrogen (secondary N) is 2. The number of likely N-dealkylation sites (tertiary alicyclic amines) is 1. The average molecular weight is 281 g/mol. The van der Waals surface area contributed by atoms with Crippen molar-refractivity contribution >= 4 is 5.91 Å². The minimum Gasteiger partial charge on any atom is -0.395 e. The highest BCUT2D eigenvalue weighted by Crippen LogP contribution is 2.58. The van der Waals surface area contributed by atoms with Crippen LogP contribution in [0.5, 0.6) is 0 Å². The van der Waals surface area contributed by atoms with Crippen molar-refractivity contribution in [3.63, 3.8) is 0 Å². The molecule has 5 heteroatoms. The topological polar surface area (TPSA) is 64.6 Å². The third kappa shape index (κ3) is 3.00. The molecule has 2 aliphatic heterocycles. The summed E-state index contributed by atoms with van der Waals surface area (Å²) in [7, 11) is 0. The van der Waals surface area contributed by atoms with E-state index in [0.29, 0.717) is 17.4 Å². The minimum atomic E-state index is 0.232. The molecule has 1 amide bonds. The molecule has 0 aromatic heterocycles. The number of aliphatic hydroxyl groups excluding tert-OH is 1. The van der Waals surface area contributed by atoms with E-state index in [4.69, 9.17) is 5.11 Å². The number of amides is 1. The summed E-state index contributed by atoms with van der Waals surface area (Å²) in [5, 5.41) is 15.6. The number of piperidine rings is 2. The first kappa shape index (κ1) is 14.3. The summed E-state index contributed by atoms with van der Waals surface area (Å²) in [5.74, 6) is 0.576. The first-order valence-corrected chi connectivity index (χ1v) is 8.08. The maximum atomic E-state index is 12.4. The summed E-state index contributed by atoms with van der Waals surface area (Å²) < 4.78 is 0. The van der Waals surface area contributed by atoms with Crippen molar-refractivity contribution in [1.82, 2.24) is 15.5 Å². The summed E-state index contributed by atoms with van der Waals surface area (Å²) in [4.78, 5) is 14.6. The monoisotopic (exact) mass is 281 g/mol. The Labute approximate surface area is 121 Å². The highest BCUT2D eigenvalue weighted by Gasteiger charge is 2.57. The van der Waals surface area contributed by atoms with E-state index in [9.17, 15) is 4.79 Å². The quantitative estimate of drug-likeness (QED) is 0.676. The number of hydrogen-bond acceptors (Lipinski definition) is 4. The Morgan fingerprint density at radius 2 is 2.00 bits per heavy atom. The van der Waals surface area contributed by atoms with Crippen molar-refractivity contribution in [3.8, 4) is 0 Å². The Hall–Kier alpha value is -0.650. The van der Waals surface area contributed by atoms with Gasteiger partial charge in [0.1, 0.15) is 0 Å². The number of carbonyl (C=O) groups is 1. The van der Waals surface area contributed by atoms with Crippen molar-refractivity contribution in [2.24, 2.45) is 11.3 Å². The van der Waals surface area contributed by atoms with Crippen LogP contribution in [0.15, 0.2) is 0 Å². The molecule has 0 bridgehead atoms. The summed E-state index contributed by atoms with van der Waals surface area (Å²) in [6.07, 6.45) is 5.48. The zero-order chi connectivity index (χ0) is 14.0. The molecule has 1 atom stereocenters. The first-order valence-electron chi connectivity index (χ1n) is 8.08. The maximum Gasteiger partial charge on any atom is 0.223 e. The van der Waals surface area contributed by atoms with E-state index in [1.165, 1.54) is 12.8 Å². The predicted octanol–water partition coefficient (Wildman–Crippen LogP) is -0.0510. The Morgan fingerprint density at radius 3 is 2.65 bits per heavy atom. The van der Waals surface area contributed by atoms with Gasteiger partial charge < -0.3 is 20.6 Å². The zero-order valence-electron chi connectivity index (χ0n) is 12.2. The summed E-state index contributed by atoms with van der Waals surface area (Å²) in [5.41, 5.74) is 0.340. The van der Waals surface area contributed by atoms with Crippen molar-refractivity contribution < 1.29 is 9.90 Å². The molecule has 5 nitrogen and oxygen atoms in total. The second kappa shape index (κ2) is 6.00. The molecule has 1 unspecified atom stereocenters. The zero-order valence-corrected chi connectivity index (χ0v) is 12.2. The molecule has 2 saturated heterocycles. The largest absolute Gasteiger partial charge is 0.395 e. The number of β-amino-alcohol motifs (C(OH)–C–C–N with tert-alkyl or cyclic N) is 1. The Bertz CT molecular complexity index is 347. The molecule has 1 saturated carbocycles. The van der Waals surface area contributed by atoms with Crippen LogP contribution in [0.2, 0.25) is 0 Å². The predicted molar refractivity (Wildman–Crippen MR) is 77.3 cm³/mol. The molecule has 0 aromatic rings. The number of hydrogen-bond donors (Lipinski definition) is 3. The van der Waals surface area contributed by atoms with Gasteiger partial charge in [-0.05, 0) is 50.6 Å². The van der Waals surface area contributed by atoms with E-state index in [2.05, 4.69) is 15.5 Å². The lowest BCUT2D eigenvalue weighted by Crippen LogP contribution is -2.46. The summed E-state index contributed by atoms with van der Waals surface area (Å²) in [6.45, 7) is 5.12. The second-order valence-corrected chi connectivity index (χ2v) is 6.72. The van der Waals surface area contributed by atoms with Gasteiger partial charge in [-0.3, -0.25) is 4.79 Å². The van der Waals surface area contributed by atoms with Gasteiger partial charge >= 0.3 is 0 Å². The first-order chi connectivity index (χ1) is 9.73. The molecule has 2 heterocycles. The van der Waals surface area contributed by atoms with E-state index in [1.807, 2.05) is 0 Å². The maximum absolute atomic E-state index is 12.4. The van der Waals surface area contributed by atoms with Gasteiger partial charge in [0.15, 0.2) is 0 Å². The summed E-state index contributed by atoms with van der Waals surface area (Å²) in [6, 6.07) is 0.344. The van der Waals surface area contributed by atoms with Crippen LogP contribution in [-0.4, -0.2) is 61.3 Å². The van der Waals surface area contributed by atoms with Gasteiger partial charge in [-0.2, -0.15) is 0 Å². The van der Waals surface area contributed by atoms with E-state index in [1.54, 1.807) is 0 Å². The van der Waals surface area contributed by atoms with Crippen LogP contribution in [0.4, 0.5) is 0 Å². The van der Waals surface area contributed by atoms with E-state index in [-0.39, 0.29) is 12.5 Å². The fourth-order valence-corrected chi connectivity index (χ4v) is 3.94. The van der Waals surface area contributed by atoms with Crippen LogP contribution in [0, 0.1) is 11.3 Å². The van der Waals surface area contributed by atoms with E-state index < -0.39 is 0 Å². The molecule has 0 radical (unpaired) electrons. The number of nitrogens with zero attached hydrogens (tertiary/aromatic N) is 1. The third-order valence-corrected chi connectivity index (χ3v) is 5.46. The van der Waals surface area contributed by atoms with Crippen LogP contribution >= 0.6 is 0 Å². The second-order valence-electron chi connectivity index (χ2n) is 6.72. The van der Waals surface area contributed by atoms with Gasteiger partial charge in [-0.1, -0.05) is 0 Å². The van der Waals surface area contributed by atoms with Gasteiger partial charge in [0.2, 0.25) is 5.91 Å². The van der Waals surface area contributed by atoms with Gasteiger partial charge in [-0.25, -0.2) is 0 Å². The SMILES string of the molecule is O=C(NC1CCN(CCO)CC1)C1CC12CCNCC2. The van der Waals surface area contributed by atoms with Gasteiger partial charge in [-0.15, -0.1) is 0 Å². The van der Waals surface area contributed by atoms with Crippen LogP contribution in [0.25, 0.3) is 0 Å². The standard InChI is InChI=1S/C15H27N3O2/c19-10-9-18-7-1-12(2-8-18)17-14(20)13-11-15(13)3-5-16-6-4-15/h12-13,16,19H,1-11H2,(H,17,20). The molecule has 3 rings (SSSR count). The molecule has 3 N–H and O–H groups in total. The lowest BCUT2D eigenvalue weighted by Gasteiger charge is -2.32. The van der Waals surface area contributed by atoms with Crippen molar-refractivity contribution in [2.75, 3.05) is 39.3 Å². The van der Waals surface area contributed by atoms with Crippen LogP contribution < -0.4 is 10.6 Å². The lowest BCUT2D eigenvalue weighted by molar-refractivity contribution is -0.124. The fraction of sp³-hybridized carbons (Fsp3) is 0.933. The molecule has 20 heavy (non-hydrogen) atoms. The lowest BCUT2D eigenvalue weighted by atomic mass is 9.91. The third-order valence-electron chi connectivity index (χ3n) is 5.46. The molecule has 3 fully saturated rings. The highest BCUT2D eigenvalue weighted by atomic mass is 16.3. The Kier molecular flexibility index (Phi) is 4.29. The van der Waals surface area contributed by atoms with E-state index >= 15 is 0 Å². The molecule has 114 valence electrons. The Balaban J connectivity index is 1.42. The minimum absolute atomic E-state index is 0.232. The molecule has 3 aliphatic rings. The van der Waals surface area contributed by atoms with Gasteiger partial charge in [0.25, 0.3) is 0 Å². The number of carbonyl (C=O) groups excluding carboxylic acids is 1. The molecule has 0 aromatic carbocycles. The van der Waals surface area contributed by atoms with Crippen molar-refractivity contribution in [2.45, 2.75) is 38.1 Å². The van der Waals surface area contributed by atoms with E-state index in [0.717, 1.165) is 52.0 Å². The van der Waals surface area contributed by atoms with Crippen molar-refractivity contribution in [3.05, 3.63) is 0 Å². The fourth-order valence-electron chi connectivity index (χ4n) is 3.94. The Morgan fingerprint density at radius 1 is 1.30 bits per heavy atom. The average Bonchev–Trinajstić information content (AvgIpc) is 3.16. The number of aliphatic hydroxyl groups is 1. The normalized spacial score (nSPS) is 30.4. The molecule has 1 spiro atoms. The smallest absolute Gasteiger partial charge is 0.223 e. The van der Waals surface area contributed by atoms with Crippen LogP contribution in [0.3, 0.4) is 0 Å². The number of rotatable bonds is 4. The molecular weight excluding hydrogens is 254 g/mol. The van der Waals surface area contributed by atoms with Gasteiger partial charge in [0.05, 0.1) is 6.61 Å².